The third-order valence-electron chi connectivity index (χ3n) is 13.5. The molecule has 0 aliphatic heterocycles. The van der Waals surface area contributed by atoms with Gasteiger partial charge in [-0.25, -0.2) is 0 Å². The van der Waals surface area contributed by atoms with Crippen LogP contribution in [0.25, 0.3) is 0 Å². The highest BCUT2D eigenvalue weighted by atomic mass is 16.6. The molecule has 0 aromatic rings. The number of esters is 3. The van der Waals surface area contributed by atoms with E-state index in [4.69, 9.17) is 14.2 Å². The lowest BCUT2D eigenvalue weighted by Crippen LogP contribution is -2.30. The van der Waals surface area contributed by atoms with Crippen LogP contribution >= 0.6 is 0 Å². The van der Waals surface area contributed by atoms with Crippen LogP contribution in [-0.4, -0.2) is 37.2 Å². The van der Waals surface area contributed by atoms with Gasteiger partial charge in [-0.1, -0.05) is 281 Å². The van der Waals surface area contributed by atoms with Crippen molar-refractivity contribution in [1.29, 1.82) is 0 Å². The maximum absolute atomic E-state index is 12.8. The summed E-state index contributed by atoms with van der Waals surface area (Å²) < 4.78 is 16.8. The van der Waals surface area contributed by atoms with Crippen LogP contribution in [0.15, 0.2) is 60.8 Å². The smallest absolute Gasteiger partial charge is 0.306 e. The Morgan fingerprint density at radius 2 is 0.577 bits per heavy atom. The number of hydrogen-bond donors (Lipinski definition) is 0. The van der Waals surface area contributed by atoms with E-state index in [-0.39, 0.29) is 31.1 Å². The van der Waals surface area contributed by atoms with E-state index in [2.05, 4.69) is 81.5 Å². The molecule has 0 saturated carbocycles. The first kappa shape index (κ1) is 68.1. The minimum atomic E-state index is -0.789. The molecule has 6 heteroatoms. The third-order valence-corrected chi connectivity index (χ3v) is 13.5. The number of hydrogen-bond acceptors (Lipinski definition) is 6. The minimum absolute atomic E-state index is 0.0844. The minimum Gasteiger partial charge on any atom is -0.462 e. The second-order valence-electron chi connectivity index (χ2n) is 20.6. The van der Waals surface area contributed by atoms with Crippen molar-refractivity contribution >= 4 is 17.9 Å². The average molecular weight is 994 g/mol. The molecule has 0 saturated heterocycles. The summed E-state index contributed by atoms with van der Waals surface area (Å²) in [6, 6.07) is 0. The fourth-order valence-corrected chi connectivity index (χ4v) is 8.91. The van der Waals surface area contributed by atoms with Crippen LogP contribution in [-0.2, 0) is 28.6 Å². The lowest BCUT2D eigenvalue weighted by Gasteiger charge is -2.18. The van der Waals surface area contributed by atoms with Gasteiger partial charge in [-0.2, -0.15) is 0 Å². The Labute approximate surface area is 440 Å². The van der Waals surface area contributed by atoms with Crippen molar-refractivity contribution in [2.75, 3.05) is 13.2 Å². The van der Waals surface area contributed by atoms with Gasteiger partial charge in [0.1, 0.15) is 13.2 Å². The molecule has 0 N–H and O–H groups in total. The van der Waals surface area contributed by atoms with Crippen LogP contribution < -0.4 is 0 Å². The Hall–Kier alpha value is -2.89. The Morgan fingerprint density at radius 1 is 0.296 bits per heavy atom. The van der Waals surface area contributed by atoms with Gasteiger partial charge in [0.25, 0.3) is 0 Å². The Morgan fingerprint density at radius 3 is 0.930 bits per heavy atom. The van der Waals surface area contributed by atoms with Gasteiger partial charge in [-0.15, -0.1) is 0 Å². The van der Waals surface area contributed by atoms with E-state index in [9.17, 15) is 14.4 Å². The second kappa shape index (κ2) is 59.7. The zero-order valence-corrected chi connectivity index (χ0v) is 47.2. The highest BCUT2D eigenvalue weighted by Crippen LogP contribution is 2.17. The summed E-state index contributed by atoms with van der Waals surface area (Å²) in [5.41, 5.74) is 0. The first-order chi connectivity index (χ1) is 35.0. The van der Waals surface area contributed by atoms with Gasteiger partial charge in [-0.05, 0) is 77.0 Å². The highest BCUT2D eigenvalue weighted by molar-refractivity contribution is 5.71. The highest BCUT2D eigenvalue weighted by Gasteiger charge is 2.19. The SMILES string of the molecule is CC/C=C\C/C=C\C/C=C\C/C=C\CCCCCCC(=O)OC(COC(=O)CCCCCCC/C=C\CCC)COC(=O)CCCCCCCCCCCCCCCCCCCCCCCCCCCC. The quantitative estimate of drug-likeness (QED) is 0.0261. The monoisotopic (exact) mass is 993 g/mol. The maximum Gasteiger partial charge on any atom is 0.306 e. The number of unbranched alkanes of at least 4 members (excludes halogenated alkanes) is 35. The Bertz CT molecular complexity index is 1280. The lowest BCUT2D eigenvalue weighted by atomic mass is 10.0. The topological polar surface area (TPSA) is 78.9 Å². The zero-order valence-electron chi connectivity index (χ0n) is 47.2. The number of rotatable bonds is 56. The maximum atomic E-state index is 12.8. The van der Waals surface area contributed by atoms with Gasteiger partial charge < -0.3 is 14.2 Å². The summed E-state index contributed by atoms with van der Waals surface area (Å²) in [6.45, 7) is 6.47. The first-order valence-electron chi connectivity index (χ1n) is 30.8. The molecule has 0 aromatic carbocycles. The van der Waals surface area contributed by atoms with E-state index in [0.717, 1.165) is 109 Å². The van der Waals surface area contributed by atoms with E-state index in [1.54, 1.807) is 0 Å². The molecule has 0 bridgehead atoms. The molecule has 6 nitrogen and oxygen atoms in total. The van der Waals surface area contributed by atoms with Gasteiger partial charge in [0.05, 0.1) is 0 Å². The van der Waals surface area contributed by atoms with E-state index in [1.807, 2.05) is 0 Å². The van der Waals surface area contributed by atoms with Gasteiger partial charge >= 0.3 is 17.9 Å². The van der Waals surface area contributed by atoms with Gasteiger partial charge in [0, 0.05) is 19.3 Å². The molecule has 71 heavy (non-hydrogen) atoms. The molecule has 1 atom stereocenters. The Kier molecular flexibility index (Phi) is 57.2. The Balaban J connectivity index is 4.20. The van der Waals surface area contributed by atoms with Crippen molar-refractivity contribution in [2.24, 2.45) is 0 Å². The van der Waals surface area contributed by atoms with Crippen LogP contribution in [0, 0.1) is 0 Å². The molecule has 0 spiro atoms. The average Bonchev–Trinajstić information content (AvgIpc) is 3.37. The van der Waals surface area contributed by atoms with E-state index < -0.39 is 6.10 Å². The normalized spacial score (nSPS) is 12.4. The molecule has 0 heterocycles. The zero-order chi connectivity index (χ0) is 51.4. The summed E-state index contributed by atoms with van der Waals surface area (Å²) >= 11 is 0. The largest absolute Gasteiger partial charge is 0.462 e. The van der Waals surface area contributed by atoms with Crippen LogP contribution in [0.3, 0.4) is 0 Å². The molecule has 0 amide bonds. The van der Waals surface area contributed by atoms with E-state index in [0.29, 0.717) is 19.3 Å². The molecule has 0 rings (SSSR count). The summed E-state index contributed by atoms with van der Waals surface area (Å²) in [4.78, 5) is 38.1. The van der Waals surface area contributed by atoms with Crippen LogP contribution in [0.2, 0.25) is 0 Å². The van der Waals surface area contributed by atoms with Gasteiger partial charge in [0.15, 0.2) is 6.10 Å². The fourth-order valence-electron chi connectivity index (χ4n) is 8.91. The molecule has 0 aromatic heterocycles. The van der Waals surface area contributed by atoms with Crippen LogP contribution in [0.1, 0.15) is 316 Å². The van der Waals surface area contributed by atoms with Crippen molar-refractivity contribution < 1.29 is 28.6 Å². The molecular formula is C65H116O6. The summed E-state index contributed by atoms with van der Waals surface area (Å²) in [5, 5.41) is 0. The predicted octanol–water partition coefficient (Wildman–Crippen LogP) is 20.8. The van der Waals surface area contributed by atoms with Gasteiger partial charge in [0.2, 0.25) is 0 Å². The van der Waals surface area contributed by atoms with E-state index >= 15 is 0 Å². The van der Waals surface area contributed by atoms with Crippen LogP contribution in [0.5, 0.6) is 0 Å². The van der Waals surface area contributed by atoms with Crippen molar-refractivity contribution in [2.45, 2.75) is 322 Å². The predicted molar refractivity (Wildman–Crippen MR) is 307 cm³/mol. The molecule has 0 radical (unpaired) electrons. The number of carbonyl (C=O) groups excluding carboxylic acids is 3. The molecular weight excluding hydrogens is 877 g/mol. The number of allylic oxidation sites excluding steroid dienone is 10. The van der Waals surface area contributed by atoms with Crippen molar-refractivity contribution in [3.05, 3.63) is 60.8 Å². The molecule has 412 valence electrons. The van der Waals surface area contributed by atoms with Crippen molar-refractivity contribution in [3.63, 3.8) is 0 Å². The summed E-state index contributed by atoms with van der Waals surface area (Å²) in [7, 11) is 0. The fraction of sp³-hybridized carbons (Fsp3) is 0.800. The first-order valence-corrected chi connectivity index (χ1v) is 30.8. The standard InChI is InChI=1S/C65H116O6/c1-4-7-10-13-16-19-22-24-26-28-29-30-31-32-33-34-35-36-38-39-41-43-46-49-52-55-58-64(67)70-61-62(60-69-63(66)57-54-51-48-45-21-18-15-12-9-6-3)71-65(68)59-56-53-50-47-44-42-40-37-27-25-23-20-17-14-11-8-5-2/h8,11-12,15,17,20,25,27,40,42,62H,4-7,9-10,13-14,16,18-19,21-24,26,28-39,41,43-61H2,1-3H3/b11-8-,15-12-,20-17-,27-25-,42-40-. The van der Waals surface area contributed by atoms with Crippen molar-refractivity contribution in [1.82, 2.24) is 0 Å². The number of ether oxygens (including phenoxy) is 3. The number of carbonyl (C=O) groups is 3. The third kappa shape index (κ3) is 57.9. The lowest BCUT2D eigenvalue weighted by molar-refractivity contribution is -0.167. The second-order valence-corrected chi connectivity index (χ2v) is 20.6. The van der Waals surface area contributed by atoms with Gasteiger partial charge in [-0.3, -0.25) is 14.4 Å². The molecule has 0 aliphatic carbocycles. The molecule has 0 aliphatic rings. The molecule has 1 unspecified atom stereocenters. The van der Waals surface area contributed by atoms with E-state index in [1.165, 1.54) is 167 Å². The molecule has 0 fully saturated rings. The van der Waals surface area contributed by atoms with Crippen LogP contribution in [0.4, 0.5) is 0 Å². The summed E-state index contributed by atoms with van der Waals surface area (Å²) in [5.74, 6) is -0.907. The van der Waals surface area contributed by atoms with Crippen molar-refractivity contribution in [3.8, 4) is 0 Å². The summed E-state index contributed by atoms with van der Waals surface area (Å²) in [6.07, 6.45) is 75.3.